The number of aliphatic carboxylic acids is 1. The monoisotopic (exact) mass is 291 g/mol. The molecule has 0 unspecified atom stereocenters. The van der Waals surface area contributed by atoms with Crippen LogP contribution in [0.25, 0.3) is 0 Å². The van der Waals surface area contributed by atoms with Crippen molar-refractivity contribution in [3.63, 3.8) is 0 Å². The van der Waals surface area contributed by atoms with Gasteiger partial charge in [-0.2, -0.15) is 0 Å². The van der Waals surface area contributed by atoms with E-state index in [0.717, 1.165) is 6.42 Å². The van der Waals surface area contributed by atoms with Crippen molar-refractivity contribution in [1.82, 2.24) is 4.31 Å². The predicted octanol–water partition coefficient (Wildman–Crippen LogP) is 1.79. The fraction of sp³-hybridized carbons (Fsp3) is 0.923. The first kappa shape index (κ1) is 16.4. The molecule has 1 aliphatic rings. The zero-order chi connectivity index (χ0) is 14.6. The number of carboxylic acids is 1. The number of nitrogens with zero attached hydrogens (tertiary/aromatic N) is 1. The second kappa shape index (κ2) is 6.70. The highest BCUT2D eigenvalue weighted by Crippen LogP contribution is 2.39. The molecule has 112 valence electrons. The molecule has 1 aliphatic carbocycles. The van der Waals surface area contributed by atoms with Gasteiger partial charge in [0.2, 0.25) is 10.0 Å². The van der Waals surface area contributed by atoms with Gasteiger partial charge < -0.3 is 5.11 Å². The highest BCUT2D eigenvalue weighted by atomic mass is 32.2. The van der Waals surface area contributed by atoms with Crippen LogP contribution in [-0.4, -0.2) is 42.6 Å². The van der Waals surface area contributed by atoms with Gasteiger partial charge in [0.25, 0.3) is 0 Å². The van der Waals surface area contributed by atoms with E-state index in [9.17, 15) is 18.3 Å². The summed E-state index contributed by atoms with van der Waals surface area (Å²) in [6.07, 6.45) is 2.01. The number of carbonyl (C=O) groups is 1. The van der Waals surface area contributed by atoms with Crippen molar-refractivity contribution in [3.05, 3.63) is 0 Å². The Bertz CT molecular complexity index is 403. The summed E-state index contributed by atoms with van der Waals surface area (Å²) in [6, 6.07) is 0. The molecule has 5 nitrogen and oxygen atoms in total. The molecule has 0 saturated heterocycles. The summed E-state index contributed by atoms with van der Waals surface area (Å²) in [6.45, 7) is 6.58. The third-order valence-corrected chi connectivity index (χ3v) is 6.37. The average molecular weight is 291 g/mol. The minimum Gasteiger partial charge on any atom is -0.481 e. The van der Waals surface area contributed by atoms with Crippen LogP contribution >= 0.6 is 0 Å². The van der Waals surface area contributed by atoms with Crippen molar-refractivity contribution in [2.45, 2.75) is 40.0 Å². The van der Waals surface area contributed by atoms with E-state index in [1.807, 2.05) is 20.8 Å². The Morgan fingerprint density at radius 1 is 1.21 bits per heavy atom. The van der Waals surface area contributed by atoms with Crippen molar-refractivity contribution in [2.75, 3.05) is 18.8 Å². The van der Waals surface area contributed by atoms with Gasteiger partial charge >= 0.3 is 5.97 Å². The second-order valence-corrected chi connectivity index (χ2v) is 7.33. The molecule has 6 heteroatoms. The fourth-order valence-electron chi connectivity index (χ4n) is 3.15. The summed E-state index contributed by atoms with van der Waals surface area (Å²) in [7, 11) is -3.25. The summed E-state index contributed by atoms with van der Waals surface area (Å²) in [5, 5.41) is 9.17. The van der Waals surface area contributed by atoms with Crippen LogP contribution in [0.15, 0.2) is 0 Å². The van der Waals surface area contributed by atoms with Gasteiger partial charge in [0.1, 0.15) is 0 Å². The highest BCUT2D eigenvalue weighted by molar-refractivity contribution is 7.89. The van der Waals surface area contributed by atoms with E-state index in [2.05, 4.69) is 0 Å². The van der Waals surface area contributed by atoms with E-state index in [1.165, 1.54) is 4.31 Å². The molecule has 0 aromatic heterocycles. The number of carboxylic acid groups (broad SMARTS) is 1. The first-order valence-corrected chi connectivity index (χ1v) is 8.67. The van der Waals surface area contributed by atoms with Crippen LogP contribution in [0.4, 0.5) is 0 Å². The molecule has 1 N–H and O–H groups in total. The van der Waals surface area contributed by atoms with Gasteiger partial charge in [-0.1, -0.05) is 27.2 Å². The fourth-order valence-corrected chi connectivity index (χ4v) is 5.02. The third-order valence-electron chi connectivity index (χ3n) is 4.18. The van der Waals surface area contributed by atoms with Crippen molar-refractivity contribution < 1.29 is 18.3 Å². The Kier molecular flexibility index (Phi) is 5.80. The smallest absolute Gasteiger partial charge is 0.306 e. The minimum absolute atomic E-state index is 0.0170. The maximum absolute atomic E-state index is 12.2. The number of sulfonamides is 1. The molecule has 0 aromatic rings. The topological polar surface area (TPSA) is 74.7 Å². The summed E-state index contributed by atoms with van der Waals surface area (Å²) < 4.78 is 25.9. The molecule has 3 atom stereocenters. The zero-order valence-corrected chi connectivity index (χ0v) is 12.8. The number of hydrogen-bond acceptors (Lipinski definition) is 3. The maximum atomic E-state index is 12.2. The largest absolute Gasteiger partial charge is 0.481 e. The lowest BCUT2D eigenvalue weighted by Gasteiger charge is -2.20. The molecule has 0 aromatic carbocycles. The maximum Gasteiger partial charge on any atom is 0.306 e. The summed E-state index contributed by atoms with van der Waals surface area (Å²) in [4.78, 5) is 11.2. The van der Waals surface area contributed by atoms with Crippen molar-refractivity contribution >= 4 is 16.0 Å². The van der Waals surface area contributed by atoms with Gasteiger partial charge in [-0.25, -0.2) is 12.7 Å². The first-order valence-electron chi connectivity index (χ1n) is 7.06. The summed E-state index contributed by atoms with van der Waals surface area (Å²) >= 11 is 0. The van der Waals surface area contributed by atoms with E-state index in [4.69, 9.17) is 0 Å². The van der Waals surface area contributed by atoms with Gasteiger partial charge in [-0.3, -0.25) is 4.79 Å². The molecule has 0 radical (unpaired) electrons. The molecule has 0 spiro atoms. The van der Waals surface area contributed by atoms with E-state index >= 15 is 0 Å². The molecule has 0 heterocycles. The molecular formula is C13H25NO4S. The summed E-state index contributed by atoms with van der Waals surface area (Å²) in [5.74, 6) is -0.961. The van der Waals surface area contributed by atoms with Crippen LogP contribution in [0.2, 0.25) is 0 Å². The van der Waals surface area contributed by atoms with Gasteiger partial charge in [0, 0.05) is 13.1 Å². The van der Waals surface area contributed by atoms with Gasteiger partial charge in [-0.05, 0) is 24.7 Å². The lowest BCUT2D eigenvalue weighted by molar-refractivity contribution is -0.143. The van der Waals surface area contributed by atoms with Gasteiger partial charge in [0.05, 0.1) is 11.7 Å². The molecule has 0 amide bonds. The minimum atomic E-state index is -3.25. The molecule has 0 aliphatic heterocycles. The normalized spacial score (nSPS) is 27.9. The Labute approximate surface area is 116 Å². The van der Waals surface area contributed by atoms with Crippen LogP contribution < -0.4 is 0 Å². The van der Waals surface area contributed by atoms with Gasteiger partial charge in [-0.15, -0.1) is 0 Å². The van der Waals surface area contributed by atoms with Crippen LogP contribution in [0.5, 0.6) is 0 Å². The Morgan fingerprint density at radius 3 is 2.16 bits per heavy atom. The van der Waals surface area contributed by atoms with E-state index in [1.54, 1.807) is 0 Å². The zero-order valence-electron chi connectivity index (χ0n) is 12.0. The standard InChI is InChI=1S/C13H25NO4S/c1-4-11-7-10(8-12(11)13(15)16)9-19(17,18)14(5-2)6-3/h10-12H,4-9H2,1-3H3,(H,15,16)/t10-,11+,12-/m0/s1. The molecule has 1 fully saturated rings. The highest BCUT2D eigenvalue weighted by Gasteiger charge is 2.39. The van der Waals surface area contributed by atoms with Crippen LogP contribution in [0, 0.1) is 17.8 Å². The lowest BCUT2D eigenvalue weighted by Crippen LogP contribution is -2.34. The van der Waals surface area contributed by atoms with Crippen molar-refractivity contribution in [2.24, 2.45) is 17.8 Å². The Morgan fingerprint density at radius 2 is 1.79 bits per heavy atom. The summed E-state index contributed by atoms with van der Waals surface area (Å²) in [5.41, 5.74) is 0. The third kappa shape index (κ3) is 3.92. The number of rotatable bonds is 7. The van der Waals surface area contributed by atoms with Gasteiger partial charge in [0.15, 0.2) is 0 Å². The average Bonchev–Trinajstić information content (AvgIpc) is 2.72. The van der Waals surface area contributed by atoms with Crippen LogP contribution in [0.3, 0.4) is 0 Å². The molecular weight excluding hydrogens is 266 g/mol. The Balaban J connectivity index is 2.72. The molecule has 1 saturated carbocycles. The molecule has 0 bridgehead atoms. The van der Waals surface area contributed by atoms with Crippen LogP contribution in [0.1, 0.15) is 40.0 Å². The lowest BCUT2D eigenvalue weighted by atomic mass is 9.94. The van der Waals surface area contributed by atoms with E-state index in [-0.39, 0.29) is 23.5 Å². The Hall–Kier alpha value is -0.620. The predicted molar refractivity (Wildman–Crippen MR) is 74.3 cm³/mol. The van der Waals surface area contributed by atoms with E-state index in [0.29, 0.717) is 25.9 Å². The molecule has 1 rings (SSSR count). The second-order valence-electron chi connectivity index (χ2n) is 5.31. The van der Waals surface area contributed by atoms with Crippen molar-refractivity contribution in [3.8, 4) is 0 Å². The molecule has 19 heavy (non-hydrogen) atoms. The quantitative estimate of drug-likeness (QED) is 0.776. The van der Waals surface area contributed by atoms with Crippen molar-refractivity contribution in [1.29, 1.82) is 0 Å². The van der Waals surface area contributed by atoms with E-state index < -0.39 is 16.0 Å². The number of hydrogen-bond donors (Lipinski definition) is 1. The first-order chi connectivity index (χ1) is 8.85. The SMILES string of the molecule is CC[C@@H]1C[C@H](CS(=O)(=O)N(CC)CC)C[C@@H]1C(=O)O. The van der Waals surface area contributed by atoms with Crippen LogP contribution in [-0.2, 0) is 14.8 Å².